The summed E-state index contributed by atoms with van der Waals surface area (Å²) in [6.45, 7) is 9.42. The number of hydrogen-bond acceptors (Lipinski definition) is 7. The number of benzene rings is 1. The Hall–Kier alpha value is -3.20. The lowest BCUT2D eigenvalue weighted by Gasteiger charge is -2.32. The van der Waals surface area contributed by atoms with Crippen molar-refractivity contribution in [3.63, 3.8) is 0 Å². The molecule has 0 radical (unpaired) electrons. The van der Waals surface area contributed by atoms with Gasteiger partial charge in [0.15, 0.2) is 5.82 Å². The van der Waals surface area contributed by atoms with E-state index in [1.807, 2.05) is 49.7 Å². The second-order valence-corrected chi connectivity index (χ2v) is 8.65. The van der Waals surface area contributed by atoms with Crippen LogP contribution < -0.4 is 15.0 Å². The molecule has 1 aliphatic rings. The lowest BCUT2D eigenvalue weighted by atomic mass is 9.97. The van der Waals surface area contributed by atoms with E-state index in [0.717, 1.165) is 65.4 Å². The van der Waals surface area contributed by atoms with Crippen LogP contribution >= 0.6 is 0 Å². The van der Waals surface area contributed by atoms with Crippen LogP contribution in [0.25, 0.3) is 16.6 Å². The van der Waals surface area contributed by atoms with Crippen LogP contribution in [0.5, 0.6) is 5.75 Å². The largest absolute Gasteiger partial charge is 0.497 e. The molecule has 1 aliphatic heterocycles. The van der Waals surface area contributed by atoms with Crippen molar-refractivity contribution in [2.45, 2.75) is 40.0 Å². The Kier molecular flexibility index (Phi) is 7.62. The summed E-state index contributed by atoms with van der Waals surface area (Å²) in [5, 5.41) is 18.0. The molecule has 1 aromatic carbocycles. The Morgan fingerprint density at radius 2 is 2.00 bits per heavy atom. The molecule has 34 heavy (non-hydrogen) atoms. The van der Waals surface area contributed by atoms with Gasteiger partial charge in [-0.15, -0.1) is 5.10 Å². The minimum atomic E-state index is -0.0798. The fourth-order valence-corrected chi connectivity index (χ4v) is 4.56. The number of aromatic nitrogens is 4. The van der Waals surface area contributed by atoms with Crippen LogP contribution in [0.15, 0.2) is 24.3 Å². The maximum absolute atomic E-state index is 12.8. The normalized spacial score (nSPS) is 16.1. The summed E-state index contributed by atoms with van der Waals surface area (Å²) < 4.78 is 12.6. The van der Waals surface area contributed by atoms with E-state index >= 15 is 0 Å². The number of anilines is 1. The summed E-state index contributed by atoms with van der Waals surface area (Å²) in [5.74, 6) is 1.56. The van der Waals surface area contributed by atoms with E-state index in [9.17, 15) is 4.79 Å². The number of rotatable bonds is 9. The van der Waals surface area contributed by atoms with Gasteiger partial charge in [-0.1, -0.05) is 0 Å². The number of aryl methyl sites for hydroxylation is 2. The molecule has 1 N–H and O–H groups in total. The summed E-state index contributed by atoms with van der Waals surface area (Å²) in [6.07, 6.45) is 2.62. The van der Waals surface area contributed by atoms with Crippen molar-refractivity contribution in [1.82, 2.24) is 25.3 Å². The van der Waals surface area contributed by atoms with Crippen LogP contribution in [-0.2, 0) is 9.53 Å². The minimum Gasteiger partial charge on any atom is -0.497 e. The van der Waals surface area contributed by atoms with Crippen molar-refractivity contribution < 1.29 is 14.3 Å². The number of methoxy groups -OCH3 is 1. The van der Waals surface area contributed by atoms with Gasteiger partial charge in [0.25, 0.3) is 0 Å². The minimum absolute atomic E-state index is 0.0798. The van der Waals surface area contributed by atoms with Crippen LogP contribution in [-0.4, -0.2) is 65.8 Å². The third-order valence-electron chi connectivity index (χ3n) is 6.36. The van der Waals surface area contributed by atoms with E-state index in [1.54, 1.807) is 7.11 Å². The molecule has 1 amide bonds. The fourth-order valence-electron chi connectivity index (χ4n) is 4.56. The number of nitrogens with zero attached hydrogens (tertiary/aromatic N) is 5. The molecule has 9 nitrogen and oxygen atoms in total. The summed E-state index contributed by atoms with van der Waals surface area (Å²) in [5.41, 5.74) is 3.62. The quantitative estimate of drug-likeness (QED) is 0.484. The second-order valence-electron chi connectivity index (χ2n) is 8.65. The van der Waals surface area contributed by atoms with Crippen LogP contribution in [0.1, 0.15) is 37.6 Å². The topological polar surface area (TPSA) is 94.4 Å². The van der Waals surface area contributed by atoms with Gasteiger partial charge in [-0.25, -0.2) is 4.68 Å². The van der Waals surface area contributed by atoms with Crippen LogP contribution in [0.2, 0.25) is 0 Å². The molecule has 9 heteroatoms. The predicted octanol–water partition coefficient (Wildman–Crippen LogP) is 3.20. The Balaban J connectivity index is 1.56. The molecule has 1 saturated heterocycles. The zero-order valence-electron chi connectivity index (χ0n) is 20.5. The van der Waals surface area contributed by atoms with E-state index in [-0.39, 0.29) is 11.8 Å². The molecule has 0 spiro atoms. The van der Waals surface area contributed by atoms with Crippen molar-refractivity contribution in [2.24, 2.45) is 5.92 Å². The molecule has 1 fully saturated rings. The van der Waals surface area contributed by atoms with Crippen LogP contribution in [0, 0.1) is 19.8 Å². The van der Waals surface area contributed by atoms with Gasteiger partial charge in [-0.05, 0) is 64.3 Å². The number of fused-ring (bicyclic) bond motifs is 1. The zero-order valence-corrected chi connectivity index (χ0v) is 20.5. The van der Waals surface area contributed by atoms with Crippen molar-refractivity contribution in [3.05, 3.63) is 35.7 Å². The highest BCUT2D eigenvalue weighted by Crippen LogP contribution is 2.31. The Bertz CT molecular complexity index is 1130. The van der Waals surface area contributed by atoms with Gasteiger partial charge in [0.2, 0.25) is 5.91 Å². The van der Waals surface area contributed by atoms with Gasteiger partial charge in [0.05, 0.1) is 35.5 Å². The number of piperidine rings is 1. The van der Waals surface area contributed by atoms with Crippen molar-refractivity contribution in [2.75, 3.05) is 44.9 Å². The number of amides is 1. The first kappa shape index (κ1) is 23.9. The molecular formula is C25H34N6O3. The molecule has 1 unspecified atom stereocenters. The molecule has 2 aromatic heterocycles. The smallest absolute Gasteiger partial charge is 0.224 e. The molecule has 0 aliphatic carbocycles. The number of carbonyl (C=O) groups excluding carboxylic acids is 1. The van der Waals surface area contributed by atoms with Crippen molar-refractivity contribution in [3.8, 4) is 11.4 Å². The highest BCUT2D eigenvalue weighted by molar-refractivity contribution is 5.92. The van der Waals surface area contributed by atoms with Gasteiger partial charge >= 0.3 is 0 Å². The fraction of sp³-hybridized carbons (Fsp3) is 0.520. The van der Waals surface area contributed by atoms with Gasteiger partial charge in [0.1, 0.15) is 11.3 Å². The molecule has 1 atom stereocenters. The monoisotopic (exact) mass is 466 g/mol. The third-order valence-corrected chi connectivity index (χ3v) is 6.36. The molecule has 3 aromatic rings. The van der Waals surface area contributed by atoms with E-state index in [2.05, 4.69) is 20.4 Å². The number of carbonyl (C=O) groups is 1. The maximum Gasteiger partial charge on any atom is 0.224 e. The average molecular weight is 467 g/mol. The summed E-state index contributed by atoms with van der Waals surface area (Å²) in [6, 6.07) is 7.82. The summed E-state index contributed by atoms with van der Waals surface area (Å²) in [7, 11) is 1.66. The molecule has 4 rings (SSSR count). The maximum atomic E-state index is 12.8. The van der Waals surface area contributed by atoms with Crippen LogP contribution in [0.4, 0.5) is 5.82 Å². The van der Waals surface area contributed by atoms with Crippen LogP contribution in [0.3, 0.4) is 0 Å². The zero-order chi connectivity index (χ0) is 24.1. The van der Waals surface area contributed by atoms with E-state index in [4.69, 9.17) is 14.6 Å². The van der Waals surface area contributed by atoms with E-state index < -0.39 is 0 Å². The van der Waals surface area contributed by atoms with Gasteiger partial charge < -0.3 is 19.7 Å². The lowest BCUT2D eigenvalue weighted by Crippen LogP contribution is -2.43. The van der Waals surface area contributed by atoms with Gasteiger partial charge in [0, 0.05) is 32.8 Å². The average Bonchev–Trinajstić information content (AvgIpc) is 3.22. The standard InChI is InChI=1S/C25H34N6O3/c1-5-34-15-7-13-26-25(32)19-8-6-14-30(16-19)24-23-22(17(2)27-28-24)18(3)31(29-23)20-9-11-21(33-4)12-10-20/h9-12,19H,5-8,13-16H2,1-4H3,(H,26,32). The SMILES string of the molecule is CCOCCCNC(=O)C1CCCN(c2nnc(C)c3c(C)n(-c4ccc(OC)cc4)nc23)C1. The molecular weight excluding hydrogens is 432 g/mol. The number of nitrogens with one attached hydrogen (secondary N) is 1. The van der Waals surface area contributed by atoms with Gasteiger partial charge in [-0.2, -0.15) is 10.2 Å². The van der Waals surface area contributed by atoms with E-state index in [0.29, 0.717) is 26.3 Å². The highest BCUT2D eigenvalue weighted by Gasteiger charge is 2.29. The first-order valence-electron chi connectivity index (χ1n) is 12.0. The molecule has 0 bridgehead atoms. The highest BCUT2D eigenvalue weighted by atomic mass is 16.5. The first-order valence-corrected chi connectivity index (χ1v) is 12.0. The number of hydrogen-bond donors (Lipinski definition) is 1. The molecule has 0 saturated carbocycles. The Morgan fingerprint density at radius 3 is 2.74 bits per heavy atom. The summed E-state index contributed by atoms with van der Waals surface area (Å²) >= 11 is 0. The predicted molar refractivity (Wildman–Crippen MR) is 132 cm³/mol. The van der Waals surface area contributed by atoms with Crippen molar-refractivity contribution >= 4 is 22.6 Å². The lowest BCUT2D eigenvalue weighted by molar-refractivity contribution is -0.125. The second kappa shape index (κ2) is 10.8. The summed E-state index contributed by atoms with van der Waals surface area (Å²) in [4.78, 5) is 14.9. The number of ether oxygens (including phenoxy) is 2. The third kappa shape index (κ3) is 4.99. The molecule has 182 valence electrons. The Labute approximate surface area is 200 Å². The molecule has 3 heterocycles. The van der Waals surface area contributed by atoms with Gasteiger partial charge in [-0.3, -0.25) is 4.79 Å². The first-order chi connectivity index (χ1) is 16.5. The Morgan fingerprint density at radius 1 is 1.21 bits per heavy atom. The van der Waals surface area contributed by atoms with Crippen molar-refractivity contribution in [1.29, 1.82) is 0 Å². The van der Waals surface area contributed by atoms with E-state index in [1.165, 1.54) is 0 Å².